The monoisotopic (exact) mass is 377 g/mol. The van der Waals surface area contributed by atoms with E-state index in [0.717, 1.165) is 25.3 Å². The molecular formula is C22H29ClFNO. The first-order valence-corrected chi connectivity index (χ1v) is 9.13. The third kappa shape index (κ3) is 5.21. The molecule has 0 amide bonds. The summed E-state index contributed by atoms with van der Waals surface area (Å²) in [6, 6.07) is 15.3. The van der Waals surface area contributed by atoms with Crippen molar-refractivity contribution in [2.24, 2.45) is 5.92 Å². The Morgan fingerprint density at radius 1 is 1.04 bits per heavy atom. The summed E-state index contributed by atoms with van der Waals surface area (Å²) in [4.78, 5) is 0. The number of hydrogen-bond acceptors (Lipinski definition) is 2. The Labute approximate surface area is 162 Å². The van der Waals surface area contributed by atoms with Crippen molar-refractivity contribution >= 4 is 12.4 Å². The second-order valence-electron chi connectivity index (χ2n) is 8.00. The summed E-state index contributed by atoms with van der Waals surface area (Å²) in [5.41, 5.74) is 2.67. The smallest absolute Gasteiger partial charge is 0.123 e. The summed E-state index contributed by atoms with van der Waals surface area (Å²) in [5, 5.41) is 3.46. The molecule has 0 bridgehead atoms. The van der Waals surface area contributed by atoms with E-state index in [1.54, 1.807) is 12.1 Å². The van der Waals surface area contributed by atoms with Gasteiger partial charge in [0, 0.05) is 12.5 Å². The zero-order valence-electron chi connectivity index (χ0n) is 15.8. The summed E-state index contributed by atoms with van der Waals surface area (Å²) in [6.07, 6.45) is 1.06. The third-order valence-electron chi connectivity index (χ3n) is 5.09. The van der Waals surface area contributed by atoms with Crippen LogP contribution in [0.25, 0.3) is 0 Å². The van der Waals surface area contributed by atoms with E-state index in [0.29, 0.717) is 18.4 Å². The molecule has 2 atom stereocenters. The van der Waals surface area contributed by atoms with Crippen molar-refractivity contribution in [1.29, 1.82) is 0 Å². The molecule has 26 heavy (non-hydrogen) atoms. The van der Waals surface area contributed by atoms with E-state index in [9.17, 15) is 4.39 Å². The van der Waals surface area contributed by atoms with Gasteiger partial charge in [0.2, 0.25) is 0 Å². The molecule has 142 valence electrons. The number of benzene rings is 2. The third-order valence-corrected chi connectivity index (χ3v) is 5.09. The minimum absolute atomic E-state index is 0. The molecule has 0 saturated carbocycles. The van der Waals surface area contributed by atoms with Crippen molar-refractivity contribution in [2.75, 3.05) is 19.7 Å². The molecule has 1 saturated heterocycles. The summed E-state index contributed by atoms with van der Waals surface area (Å²) in [7, 11) is 0. The molecule has 3 rings (SSSR count). The molecule has 2 nitrogen and oxygen atoms in total. The predicted molar refractivity (Wildman–Crippen MR) is 108 cm³/mol. The van der Waals surface area contributed by atoms with E-state index in [2.05, 4.69) is 50.4 Å². The number of nitrogens with one attached hydrogen (secondary N) is 1. The van der Waals surface area contributed by atoms with Crippen LogP contribution >= 0.6 is 12.4 Å². The van der Waals surface area contributed by atoms with Crippen molar-refractivity contribution in [3.8, 4) is 5.75 Å². The van der Waals surface area contributed by atoms with Crippen LogP contribution in [0.2, 0.25) is 0 Å². The summed E-state index contributed by atoms with van der Waals surface area (Å²) in [6.45, 7) is 9.24. The molecule has 2 aromatic carbocycles. The van der Waals surface area contributed by atoms with Crippen LogP contribution in [-0.2, 0) is 5.41 Å². The first-order chi connectivity index (χ1) is 11.9. The largest absolute Gasteiger partial charge is 0.493 e. The van der Waals surface area contributed by atoms with Gasteiger partial charge in [-0.1, -0.05) is 45.0 Å². The Morgan fingerprint density at radius 2 is 1.69 bits per heavy atom. The fraction of sp³-hybridized carbons (Fsp3) is 0.455. The van der Waals surface area contributed by atoms with Crippen LogP contribution in [0.4, 0.5) is 4.39 Å². The van der Waals surface area contributed by atoms with Crippen LogP contribution in [-0.4, -0.2) is 19.7 Å². The molecule has 0 aromatic heterocycles. The maximum Gasteiger partial charge on any atom is 0.123 e. The van der Waals surface area contributed by atoms with Crippen molar-refractivity contribution in [1.82, 2.24) is 5.32 Å². The number of halogens is 2. The predicted octanol–water partition coefficient (Wildman–Crippen LogP) is 5.32. The van der Waals surface area contributed by atoms with E-state index in [1.807, 2.05) is 12.1 Å². The topological polar surface area (TPSA) is 21.3 Å². The van der Waals surface area contributed by atoms with Crippen LogP contribution in [0.3, 0.4) is 0 Å². The van der Waals surface area contributed by atoms with Crippen LogP contribution in [0.5, 0.6) is 5.75 Å². The van der Waals surface area contributed by atoms with Crippen molar-refractivity contribution in [3.63, 3.8) is 0 Å². The Hall–Kier alpha value is -1.58. The molecule has 1 aliphatic heterocycles. The summed E-state index contributed by atoms with van der Waals surface area (Å²) < 4.78 is 19.3. The first-order valence-electron chi connectivity index (χ1n) is 9.13. The average molecular weight is 378 g/mol. The molecule has 0 unspecified atom stereocenters. The lowest BCUT2D eigenvalue weighted by molar-refractivity contribution is 0.197. The maximum atomic E-state index is 13.2. The fourth-order valence-electron chi connectivity index (χ4n) is 3.50. The lowest BCUT2D eigenvalue weighted by atomic mass is 9.81. The van der Waals surface area contributed by atoms with Gasteiger partial charge in [-0.15, -0.1) is 12.4 Å². The fourth-order valence-corrected chi connectivity index (χ4v) is 3.50. The lowest BCUT2D eigenvalue weighted by Crippen LogP contribution is -2.38. The van der Waals surface area contributed by atoms with Gasteiger partial charge in [0.15, 0.2) is 0 Å². The molecule has 0 radical (unpaired) electrons. The number of rotatable bonds is 4. The van der Waals surface area contributed by atoms with Gasteiger partial charge in [-0.05, 0) is 59.7 Å². The minimum Gasteiger partial charge on any atom is -0.493 e. The van der Waals surface area contributed by atoms with E-state index < -0.39 is 0 Å². The number of ether oxygens (including phenoxy) is 1. The Kier molecular flexibility index (Phi) is 7.08. The van der Waals surface area contributed by atoms with Gasteiger partial charge >= 0.3 is 0 Å². The van der Waals surface area contributed by atoms with E-state index in [4.69, 9.17) is 4.74 Å². The van der Waals surface area contributed by atoms with Gasteiger partial charge < -0.3 is 10.1 Å². The van der Waals surface area contributed by atoms with Crippen LogP contribution < -0.4 is 10.1 Å². The van der Waals surface area contributed by atoms with E-state index in [1.165, 1.54) is 11.1 Å². The molecule has 0 aliphatic carbocycles. The second kappa shape index (κ2) is 8.88. The number of hydrogen-bond donors (Lipinski definition) is 1. The van der Waals surface area contributed by atoms with E-state index in [-0.39, 0.29) is 23.6 Å². The highest BCUT2D eigenvalue weighted by Gasteiger charge is 2.27. The molecule has 1 fully saturated rings. The van der Waals surface area contributed by atoms with Gasteiger partial charge in [0.25, 0.3) is 0 Å². The van der Waals surface area contributed by atoms with Crippen LogP contribution in [0, 0.1) is 11.7 Å². The molecule has 0 spiro atoms. The minimum atomic E-state index is -0.176. The van der Waals surface area contributed by atoms with Crippen LogP contribution in [0.15, 0.2) is 48.5 Å². The summed E-state index contributed by atoms with van der Waals surface area (Å²) in [5.74, 6) is 1.54. The standard InChI is InChI=1S/C22H28FNO.ClH/c1-22(2,3)18-6-10-20(11-7-18)25-15-17-14-24-13-12-21(17)16-4-8-19(23)9-5-16;/h4-11,17,21,24H,12-15H2,1-3H3;1H/t17-,21-;/m0./s1. The highest BCUT2D eigenvalue weighted by molar-refractivity contribution is 5.85. The maximum absolute atomic E-state index is 13.2. The Bertz CT molecular complexity index is 679. The van der Waals surface area contributed by atoms with Gasteiger partial charge in [-0.2, -0.15) is 0 Å². The van der Waals surface area contributed by atoms with Crippen molar-refractivity contribution < 1.29 is 9.13 Å². The average Bonchev–Trinajstić information content (AvgIpc) is 2.61. The molecule has 1 heterocycles. The highest BCUT2D eigenvalue weighted by atomic mass is 35.5. The Morgan fingerprint density at radius 3 is 2.31 bits per heavy atom. The molecule has 2 aromatic rings. The van der Waals surface area contributed by atoms with Gasteiger partial charge in [-0.25, -0.2) is 4.39 Å². The summed E-state index contributed by atoms with van der Waals surface area (Å²) >= 11 is 0. The number of piperidine rings is 1. The van der Waals surface area contributed by atoms with Gasteiger partial charge in [0.1, 0.15) is 11.6 Å². The lowest BCUT2D eigenvalue weighted by Gasteiger charge is -2.32. The SMILES string of the molecule is CC(C)(C)c1ccc(OC[C@@H]2CNCC[C@H]2c2ccc(F)cc2)cc1.Cl. The quantitative estimate of drug-likeness (QED) is 0.778. The zero-order chi connectivity index (χ0) is 17.9. The highest BCUT2D eigenvalue weighted by Crippen LogP contribution is 2.31. The molecule has 1 N–H and O–H groups in total. The molecular weight excluding hydrogens is 349 g/mol. The van der Waals surface area contributed by atoms with E-state index >= 15 is 0 Å². The molecule has 1 aliphatic rings. The molecule has 4 heteroatoms. The van der Waals surface area contributed by atoms with Crippen LogP contribution in [0.1, 0.15) is 44.2 Å². The zero-order valence-corrected chi connectivity index (χ0v) is 16.6. The van der Waals surface area contributed by atoms with Gasteiger partial charge in [0.05, 0.1) is 6.61 Å². The van der Waals surface area contributed by atoms with Crippen molar-refractivity contribution in [3.05, 3.63) is 65.5 Å². The second-order valence-corrected chi connectivity index (χ2v) is 8.00. The normalized spacial score (nSPS) is 20.3. The van der Waals surface area contributed by atoms with Crippen molar-refractivity contribution in [2.45, 2.75) is 38.5 Å². The van der Waals surface area contributed by atoms with Gasteiger partial charge in [-0.3, -0.25) is 0 Å². The first kappa shape index (κ1) is 20.7. The Balaban J connectivity index is 0.00000243.